The number of aromatic nitrogens is 5. The predicted octanol–water partition coefficient (Wildman–Crippen LogP) is 2.00. The molecule has 0 atom stereocenters. The molecule has 3 rings (SSSR count). The van der Waals surface area contributed by atoms with E-state index in [2.05, 4.69) is 15.1 Å². The van der Waals surface area contributed by atoms with Gasteiger partial charge in [-0.05, 0) is 32.9 Å². The van der Waals surface area contributed by atoms with Crippen molar-refractivity contribution >= 4 is 18.4 Å². The quantitative estimate of drug-likeness (QED) is 0.685. The number of imidazole rings is 1. The molecule has 0 unspecified atom stereocenters. The molecule has 0 fully saturated rings. The third-order valence-corrected chi connectivity index (χ3v) is 3.34. The van der Waals surface area contributed by atoms with Crippen LogP contribution >= 0.6 is 12.4 Å². The molecule has 1 N–H and O–H groups in total. The van der Waals surface area contributed by atoms with E-state index in [4.69, 9.17) is 10.00 Å². The predicted molar refractivity (Wildman–Crippen MR) is 98.4 cm³/mol. The molecule has 3 aromatic heterocycles. The van der Waals surface area contributed by atoms with Crippen molar-refractivity contribution in [3.8, 4) is 17.6 Å². The number of H-pyrrole nitrogens is 1. The maximum absolute atomic E-state index is 12.5. The molecule has 0 saturated carbocycles. The topological polar surface area (TPSA) is 119 Å². The Morgan fingerprint density at radius 2 is 2.04 bits per heavy atom. The molecular weight excluding hydrogens is 372 g/mol. The zero-order valence-corrected chi connectivity index (χ0v) is 15.6. The number of rotatable bonds is 3. The maximum Gasteiger partial charge on any atom is 0.340 e. The van der Waals surface area contributed by atoms with Crippen molar-refractivity contribution in [2.75, 3.05) is 0 Å². The lowest BCUT2D eigenvalue weighted by molar-refractivity contribution is 0.00691. The largest absolute Gasteiger partial charge is 0.456 e. The maximum atomic E-state index is 12.5. The van der Waals surface area contributed by atoms with E-state index in [-0.39, 0.29) is 34.9 Å². The zero-order chi connectivity index (χ0) is 18.9. The normalized spacial score (nSPS) is 10.7. The monoisotopic (exact) mass is 388 g/mol. The van der Waals surface area contributed by atoms with Crippen molar-refractivity contribution in [3.05, 3.63) is 58.7 Å². The molecule has 140 valence electrons. The second-order valence-electron chi connectivity index (χ2n) is 6.48. The first-order valence-electron chi connectivity index (χ1n) is 7.73. The molecule has 10 heteroatoms. The van der Waals surface area contributed by atoms with Gasteiger partial charge in [0.25, 0.3) is 5.56 Å². The number of pyridine rings is 1. The molecular formula is C17H17ClN6O3. The highest BCUT2D eigenvalue weighted by molar-refractivity contribution is 5.89. The number of aromatic amines is 1. The van der Waals surface area contributed by atoms with Gasteiger partial charge in [-0.3, -0.25) is 14.5 Å². The molecule has 0 aliphatic heterocycles. The SMILES string of the molecule is CC(C)(C)OC(=O)c1ccc(-n2[nH]cc(-n3cnc(C#N)c3)c2=O)nc1.Cl. The summed E-state index contributed by atoms with van der Waals surface area (Å²) in [6, 6.07) is 4.97. The fraction of sp³-hybridized carbons (Fsp3) is 0.235. The summed E-state index contributed by atoms with van der Waals surface area (Å²) >= 11 is 0. The number of esters is 1. The molecule has 0 aliphatic carbocycles. The Hall–Kier alpha value is -3.38. The molecule has 0 aliphatic rings. The number of nitriles is 1. The van der Waals surface area contributed by atoms with E-state index in [9.17, 15) is 9.59 Å². The summed E-state index contributed by atoms with van der Waals surface area (Å²) in [7, 11) is 0. The van der Waals surface area contributed by atoms with Crippen LogP contribution in [0.2, 0.25) is 0 Å². The standard InChI is InChI=1S/C17H16N6O3.ClH/c1-17(2,3)26-16(25)11-4-5-14(19-7-11)23-15(24)13(8-21-23)22-9-12(6-18)20-10-22;/h4-5,7-10,21H,1-3H3;1H. The Morgan fingerprint density at radius 3 is 2.59 bits per heavy atom. The van der Waals surface area contributed by atoms with Crippen LogP contribution in [-0.4, -0.2) is 35.9 Å². The van der Waals surface area contributed by atoms with Crippen LogP contribution in [-0.2, 0) is 4.74 Å². The third kappa shape index (κ3) is 4.24. The molecule has 3 aromatic rings. The lowest BCUT2D eigenvalue weighted by atomic mass is 10.2. The number of hydrogen-bond donors (Lipinski definition) is 1. The minimum absolute atomic E-state index is 0. The van der Waals surface area contributed by atoms with Crippen LogP contribution in [0.1, 0.15) is 36.8 Å². The van der Waals surface area contributed by atoms with Gasteiger partial charge in [0, 0.05) is 18.6 Å². The molecule has 0 spiro atoms. The molecule has 3 heterocycles. The highest BCUT2D eigenvalue weighted by atomic mass is 35.5. The smallest absolute Gasteiger partial charge is 0.340 e. The van der Waals surface area contributed by atoms with Crippen LogP contribution in [0, 0.1) is 11.3 Å². The molecule has 0 aromatic carbocycles. The van der Waals surface area contributed by atoms with Gasteiger partial charge in [-0.1, -0.05) is 0 Å². The first-order chi connectivity index (χ1) is 12.3. The molecule has 0 amide bonds. The van der Waals surface area contributed by atoms with Gasteiger partial charge >= 0.3 is 5.97 Å². The fourth-order valence-corrected chi connectivity index (χ4v) is 2.20. The first-order valence-corrected chi connectivity index (χ1v) is 7.73. The van der Waals surface area contributed by atoms with Crippen molar-refractivity contribution in [3.63, 3.8) is 0 Å². The van der Waals surface area contributed by atoms with Crippen molar-refractivity contribution in [2.45, 2.75) is 26.4 Å². The lowest BCUT2D eigenvalue weighted by Gasteiger charge is -2.19. The number of carbonyl (C=O) groups is 1. The summed E-state index contributed by atoms with van der Waals surface area (Å²) in [4.78, 5) is 32.6. The fourth-order valence-electron chi connectivity index (χ4n) is 2.20. The number of halogens is 1. The summed E-state index contributed by atoms with van der Waals surface area (Å²) in [5.41, 5.74) is -0.191. The van der Waals surface area contributed by atoms with Gasteiger partial charge in [0.05, 0.1) is 5.56 Å². The van der Waals surface area contributed by atoms with Gasteiger partial charge in [0.15, 0.2) is 11.5 Å². The van der Waals surface area contributed by atoms with Gasteiger partial charge in [-0.15, -0.1) is 12.4 Å². The van der Waals surface area contributed by atoms with Crippen LogP contribution in [0.15, 0.2) is 41.8 Å². The van der Waals surface area contributed by atoms with E-state index in [0.717, 1.165) is 0 Å². The van der Waals surface area contributed by atoms with Crippen LogP contribution in [0.3, 0.4) is 0 Å². The highest BCUT2D eigenvalue weighted by Crippen LogP contribution is 2.12. The number of hydrogen-bond acceptors (Lipinski definition) is 6. The van der Waals surface area contributed by atoms with Crippen LogP contribution in [0.25, 0.3) is 11.5 Å². The van der Waals surface area contributed by atoms with Gasteiger partial charge < -0.3 is 4.74 Å². The van der Waals surface area contributed by atoms with Crippen molar-refractivity contribution in [2.24, 2.45) is 0 Å². The minimum atomic E-state index is -0.603. The number of ether oxygens (including phenoxy) is 1. The van der Waals surface area contributed by atoms with Gasteiger partial charge in [-0.25, -0.2) is 14.8 Å². The molecule has 0 bridgehead atoms. The van der Waals surface area contributed by atoms with Gasteiger partial charge in [0.1, 0.15) is 23.7 Å². The van der Waals surface area contributed by atoms with E-state index in [1.807, 2.05) is 6.07 Å². The van der Waals surface area contributed by atoms with E-state index in [1.54, 1.807) is 20.8 Å². The van der Waals surface area contributed by atoms with Crippen molar-refractivity contribution in [1.29, 1.82) is 5.26 Å². The van der Waals surface area contributed by atoms with E-state index >= 15 is 0 Å². The number of nitrogens with zero attached hydrogens (tertiary/aromatic N) is 5. The van der Waals surface area contributed by atoms with Gasteiger partial charge in [0.2, 0.25) is 0 Å². The first kappa shape index (κ1) is 19.9. The Kier molecular flexibility index (Phi) is 5.52. The number of carbonyl (C=O) groups excluding carboxylic acids is 1. The molecule has 27 heavy (non-hydrogen) atoms. The second-order valence-corrected chi connectivity index (χ2v) is 6.48. The van der Waals surface area contributed by atoms with E-state index in [1.165, 1.54) is 46.3 Å². The van der Waals surface area contributed by atoms with Crippen LogP contribution in [0.5, 0.6) is 0 Å². The summed E-state index contributed by atoms with van der Waals surface area (Å²) < 4.78 is 7.95. The average Bonchev–Trinajstić information content (AvgIpc) is 3.19. The Labute approximate surface area is 160 Å². The highest BCUT2D eigenvalue weighted by Gasteiger charge is 2.18. The molecule has 0 saturated heterocycles. The lowest BCUT2D eigenvalue weighted by Crippen LogP contribution is -2.24. The summed E-state index contributed by atoms with van der Waals surface area (Å²) in [5.74, 6) is -0.173. The Balaban J connectivity index is 0.00000261. The second kappa shape index (κ2) is 7.47. The number of nitrogens with one attached hydrogen (secondary N) is 1. The summed E-state index contributed by atoms with van der Waals surface area (Å²) in [6.45, 7) is 5.33. The van der Waals surface area contributed by atoms with Crippen molar-refractivity contribution < 1.29 is 9.53 Å². The third-order valence-electron chi connectivity index (χ3n) is 3.34. The van der Waals surface area contributed by atoms with Crippen LogP contribution in [0.4, 0.5) is 0 Å². The minimum Gasteiger partial charge on any atom is -0.456 e. The van der Waals surface area contributed by atoms with E-state index < -0.39 is 11.6 Å². The zero-order valence-electron chi connectivity index (χ0n) is 14.8. The average molecular weight is 389 g/mol. The van der Waals surface area contributed by atoms with Gasteiger partial charge in [-0.2, -0.15) is 9.94 Å². The summed E-state index contributed by atoms with van der Waals surface area (Å²) in [5, 5.41) is 11.6. The molecule has 9 nitrogen and oxygen atoms in total. The summed E-state index contributed by atoms with van der Waals surface area (Å²) in [6.07, 6.45) is 5.66. The van der Waals surface area contributed by atoms with Crippen LogP contribution < -0.4 is 5.56 Å². The Bertz CT molecular complexity index is 1050. The van der Waals surface area contributed by atoms with Crippen molar-refractivity contribution in [1.82, 2.24) is 24.3 Å². The Morgan fingerprint density at radius 1 is 1.30 bits per heavy atom. The van der Waals surface area contributed by atoms with E-state index in [0.29, 0.717) is 5.82 Å². The molecule has 0 radical (unpaired) electrons.